The van der Waals surface area contributed by atoms with Crippen molar-refractivity contribution in [2.45, 2.75) is 111 Å². The highest BCUT2D eigenvalue weighted by atomic mass is 16.7. The summed E-state index contributed by atoms with van der Waals surface area (Å²) in [5.74, 6) is -0.847. The smallest absolute Gasteiger partial charge is 0.249 e. The highest BCUT2D eigenvalue weighted by Crippen LogP contribution is 2.32. The number of ether oxygens (including phenoxy) is 4. The maximum Gasteiger partial charge on any atom is 0.249 e. The number of hydrogen-bond acceptors (Lipinski definition) is 17. The Labute approximate surface area is 229 Å². The summed E-state index contributed by atoms with van der Waals surface area (Å²) >= 11 is 0. The van der Waals surface area contributed by atoms with E-state index in [1.54, 1.807) is 0 Å². The Kier molecular flexibility index (Phi) is 11.9. The van der Waals surface area contributed by atoms with Gasteiger partial charge in [0.2, 0.25) is 5.91 Å². The molecule has 1 saturated carbocycles. The zero-order valence-corrected chi connectivity index (χ0v) is 21.7. The molecule has 1 amide bonds. The first-order chi connectivity index (χ1) is 18.9. The van der Waals surface area contributed by atoms with Crippen molar-refractivity contribution < 1.29 is 64.6 Å². The lowest BCUT2D eigenvalue weighted by Crippen LogP contribution is -2.69. The second-order valence-corrected chi connectivity index (χ2v) is 10.3. The fraction of sp³-hybridized carbons (Fsp3) is 0.955. The van der Waals surface area contributed by atoms with Gasteiger partial charge in [-0.3, -0.25) is 4.79 Å². The number of aliphatic hydroxyl groups excluding tert-OH is 8. The Morgan fingerprint density at radius 2 is 1.45 bits per heavy atom. The summed E-state index contributed by atoms with van der Waals surface area (Å²) in [5, 5.41) is 84.9. The minimum Gasteiger partial charge on any atom is -0.394 e. The SMILES string of the molecule is NCC[C@H](O)C(=O)N[C@H]1C[C@@H](N)[C@H](O[C@H]2O[C@H](CO)[C@@H](O)[C@H](N)[C@H]2O)[C@@H](O)[C@@H]1OC1O[C@H](CN)[C@@H](O)[C@H](O)[C@H]1O. The minimum absolute atomic E-state index is 0.00934. The van der Waals surface area contributed by atoms with E-state index < -0.39 is 110 Å². The van der Waals surface area contributed by atoms with Crippen LogP contribution in [0.4, 0.5) is 0 Å². The molecule has 3 fully saturated rings. The molecule has 18 nitrogen and oxygen atoms in total. The van der Waals surface area contributed by atoms with Gasteiger partial charge in [-0.05, 0) is 19.4 Å². The molecule has 0 radical (unpaired) electrons. The monoisotopic (exact) mass is 585 g/mol. The predicted octanol–water partition coefficient (Wildman–Crippen LogP) is -8.42. The molecule has 2 aliphatic heterocycles. The fourth-order valence-electron chi connectivity index (χ4n) is 5.07. The molecule has 3 rings (SSSR count). The fourth-order valence-corrected chi connectivity index (χ4v) is 5.07. The van der Waals surface area contributed by atoms with Crippen LogP contribution >= 0.6 is 0 Å². The van der Waals surface area contributed by atoms with Crippen molar-refractivity contribution in [1.29, 1.82) is 0 Å². The van der Waals surface area contributed by atoms with Crippen LogP contribution in [0.25, 0.3) is 0 Å². The molecule has 1 unspecified atom stereocenters. The third kappa shape index (κ3) is 7.06. The summed E-state index contributed by atoms with van der Waals surface area (Å²) in [6.07, 6.45) is -19.9. The molecule has 0 aromatic carbocycles. The number of rotatable bonds is 10. The van der Waals surface area contributed by atoms with E-state index in [1.165, 1.54) is 0 Å². The van der Waals surface area contributed by atoms with Crippen LogP contribution in [0.3, 0.4) is 0 Å². The normalized spacial score (nSPS) is 47.0. The summed E-state index contributed by atoms with van der Waals surface area (Å²) in [5.41, 5.74) is 23.1. The Hall–Kier alpha value is -1.17. The van der Waals surface area contributed by atoms with E-state index in [1.807, 2.05) is 0 Å². The first kappa shape index (κ1) is 33.3. The maximum absolute atomic E-state index is 12.6. The average molecular weight is 586 g/mol. The molecule has 18 heteroatoms. The molecule has 1 aliphatic carbocycles. The zero-order valence-electron chi connectivity index (χ0n) is 21.7. The molecule has 0 bridgehead atoms. The molecule has 17 N–H and O–H groups in total. The van der Waals surface area contributed by atoms with Crippen LogP contribution in [0.5, 0.6) is 0 Å². The van der Waals surface area contributed by atoms with E-state index in [-0.39, 0.29) is 25.9 Å². The molecule has 0 aromatic heterocycles. The van der Waals surface area contributed by atoms with Gasteiger partial charge in [0.05, 0.1) is 18.7 Å². The summed E-state index contributed by atoms with van der Waals surface area (Å²) in [6.45, 7) is -0.899. The average Bonchev–Trinajstić information content (AvgIpc) is 2.92. The lowest BCUT2D eigenvalue weighted by molar-refractivity contribution is -0.332. The molecule has 2 saturated heterocycles. The first-order valence-corrected chi connectivity index (χ1v) is 13.1. The van der Waals surface area contributed by atoms with E-state index in [2.05, 4.69) is 5.32 Å². The Bertz CT molecular complexity index is 815. The van der Waals surface area contributed by atoms with Crippen LogP contribution in [-0.4, -0.2) is 164 Å². The van der Waals surface area contributed by atoms with Crippen LogP contribution in [0, 0.1) is 0 Å². The summed E-state index contributed by atoms with van der Waals surface area (Å²) < 4.78 is 22.5. The molecule has 3 aliphatic rings. The van der Waals surface area contributed by atoms with Crippen LogP contribution in [0.15, 0.2) is 0 Å². The maximum atomic E-state index is 12.6. The number of amides is 1. The molecule has 40 heavy (non-hydrogen) atoms. The topological polar surface area (TPSA) is 332 Å². The largest absolute Gasteiger partial charge is 0.394 e. The van der Waals surface area contributed by atoms with E-state index in [0.29, 0.717) is 0 Å². The molecule has 234 valence electrons. The lowest BCUT2D eigenvalue weighted by Gasteiger charge is -2.49. The van der Waals surface area contributed by atoms with E-state index in [9.17, 15) is 45.6 Å². The molecule has 0 aromatic rings. The predicted molar refractivity (Wildman–Crippen MR) is 131 cm³/mol. The second kappa shape index (κ2) is 14.3. The van der Waals surface area contributed by atoms with Crippen LogP contribution in [0.2, 0.25) is 0 Å². The number of carbonyl (C=O) groups excluding carboxylic acids is 1. The minimum atomic E-state index is -1.80. The van der Waals surface area contributed by atoms with Gasteiger partial charge >= 0.3 is 0 Å². The van der Waals surface area contributed by atoms with Crippen LogP contribution in [-0.2, 0) is 23.7 Å². The first-order valence-electron chi connectivity index (χ1n) is 13.1. The Morgan fingerprint density at radius 1 is 0.850 bits per heavy atom. The second-order valence-electron chi connectivity index (χ2n) is 10.3. The highest BCUT2D eigenvalue weighted by Gasteiger charge is 2.52. The van der Waals surface area contributed by atoms with Crippen LogP contribution in [0.1, 0.15) is 12.8 Å². The Balaban J connectivity index is 1.85. The summed E-state index contributed by atoms with van der Waals surface area (Å²) in [6, 6.07) is -3.42. The quantitative estimate of drug-likeness (QED) is 0.113. The van der Waals surface area contributed by atoms with Gasteiger partial charge in [-0.15, -0.1) is 0 Å². The van der Waals surface area contributed by atoms with Gasteiger partial charge in [0.1, 0.15) is 67.1 Å². The number of carbonyl (C=O) groups is 1. The number of nitrogens with two attached hydrogens (primary N) is 4. The summed E-state index contributed by atoms with van der Waals surface area (Å²) in [4.78, 5) is 12.6. The highest BCUT2D eigenvalue weighted by molar-refractivity contribution is 5.80. The summed E-state index contributed by atoms with van der Waals surface area (Å²) in [7, 11) is 0. The van der Waals surface area contributed by atoms with Gasteiger partial charge in [-0.1, -0.05) is 0 Å². The zero-order chi connectivity index (χ0) is 29.9. The number of nitrogens with one attached hydrogen (secondary N) is 1. The van der Waals surface area contributed by atoms with E-state index in [4.69, 9.17) is 41.9 Å². The third-order valence-electron chi connectivity index (χ3n) is 7.51. The van der Waals surface area contributed by atoms with Crippen LogP contribution < -0.4 is 28.3 Å². The van der Waals surface area contributed by atoms with Gasteiger partial charge in [0.15, 0.2) is 12.6 Å². The van der Waals surface area contributed by atoms with Crippen molar-refractivity contribution in [1.82, 2.24) is 5.32 Å². The number of aliphatic hydroxyl groups is 8. The van der Waals surface area contributed by atoms with Gasteiger partial charge < -0.3 is 88.1 Å². The molecule has 2 heterocycles. The molecular weight excluding hydrogens is 542 g/mol. The van der Waals surface area contributed by atoms with Crippen molar-refractivity contribution >= 4 is 5.91 Å². The molecular formula is C22H43N5O13. The van der Waals surface area contributed by atoms with Gasteiger partial charge in [-0.25, -0.2) is 0 Å². The standard InChI is InChI=1S/C22H43N5O13/c23-2-1-8(29)20(36)27-7-3-6(25)18(39-21-14(32)11(26)12(30)10(5-28)38-21)17(35)19(7)40-22-16(34)15(33)13(31)9(4-24)37-22/h6-19,21-22,28-35H,1-5,23-26H2,(H,27,36)/t6-,7+,8+,9-,10-,11+,12-,13-,14-,15+,16-,17-,18+,19-,21-,22?/m1/s1. The van der Waals surface area contributed by atoms with E-state index >= 15 is 0 Å². The van der Waals surface area contributed by atoms with E-state index in [0.717, 1.165) is 0 Å². The Morgan fingerprint density at radius 3 is 2.05 bits per heavy atom. The van der Waals surface area contributed by atoms with Crippen molar-refractivity contribution in [3.8, 4) is 0 Å². The third-order valence-corrected chi connectivity index (χ3v) is 7.51. The van der Waals surface area contributed by atoms with Crippen molar-refractivity contribution in [3.63, 3.8) is 0 Å². The van der Waals surface area contributed by atoms with Crippen molar-refractivity contribution in [2.75, 3.05) is 19.7 Å². The molecule has 16 atom stereocenters. The van der Waals surface area contributed by atoms with Gasteiger partial charge in [-0.2, -0.15) is 0 Å². The molecule has 0 spiro atoms. The van der Waals surface area contributed by atoms with Crippen molar-refractivity contribution in [3.05, 3.63) is 0 Å². The number of hydrogen-bond donors (Lipinski definition) is 13. The van der Waals surface area contributed by atoms with Crippen molar-refractivity contribution in [2.24, 2.45) is 22.9 Å². The lowest BCUT2D eigenvalue weighted by atomic mass is 9.83. The van der Waals surface area contributed by atoms with Gasteiger partial charge in [0, 0.05) is 12.6 Å². The van der Waals surface area contributed by atoms with Gasteiger partial charge in [0.25, 0.3) is 0 Å².